The maximum atomic E-state index is 12.6. The number of thiazole rings is 1. The molecule has 2 rings (SSSR count). The van der Waals surface area contributed by atoms with E-state index in [1.165, 1.54) is 0 Å². The van der Waals surface area contributed by atoms with Crippen LogP contribution in [0.2, 0.25) is 0 Å². The van der Waals surface area contributed by atoms with Crippen LogP contribution in [0, 0.1) is 18.8 Å². The Morgan fingerprint density at radius 3 is 2.50 bits per heavy atom. The molecule has 2 heterocycles. The van der Waals surface area contributed by atoms with Crippen LogP contribution in [-0.4, -0.2) is 53.4 Å². The van der Waals surface area contributed by atoms with Crippen LogP contribution < -0.4 is 5.73 Å². The molecule has 1 aliphatic rings. The Morgan fingerprint density at radius 2 is 2.00 bits per heavy atom. The van der Waals surface area contributed by atoms with Crippen LogP contribution >= 0.6 is 36.2 Å². The van der Waals surface area contributed by atoms with Gasteiger partial charge in [-0.05, 0) is 45.2 Å². The minimum Gasteiger partial charge on any atom is -0.345 e. The largest absolute Gasteiger partial charge is 0.345 e. The van der Waals surface area contributed by atoms with Crippen LogP contribution in [0.4, 0.5) is 0 Å². The van der Waals surface area contributed by atoms with Crippen molar-refractivity contribution < 1.29 is 4.79 Å². The molecule has 0 aliphatic carbocycles. The van der Waals surface area contributed by atoms with E-state index in [1.54, 1.807) is 11.3 Å². The summed E-state index contributed by atoms with van der Waals surface area (Å²) in [7, 11) is 1.92. The molecule has 1 unspecified atom stereocenters. The Balaban J connectivity index is 0.00000312. The third kappa shape index (κ3) is 7.69. The van der Waals surface area contributed by atoms with Crippen LogP contribution in [0.1, 0.15) is 43.8 Å². The molecule has 0 aromatic carbocycles. The van der Waals surface area contributed by atoms with Gasteiger partial charge in [-0.15, -0.1) is 36.2 Å². The van der Waals surface area contributed by atoms with Crippen molar-refractivity contribution in [3.8, 4) is 0 Å². The first-order valence-corrected chi connectivity index (χ1v) is 9.88. The SMILES string of the molecule is Cc1nc(CN2CCC(C(=O)N(C)CCC(N)C(C)C)CC2)cs1.Cl.Cl. The first-order chi connectivity index (χ1) is 11.4. The Labute approximate surface area is 174 Å². The molecule has 26 heavy (non-hydrogen) atoms. The molecule has 152 valence electrons. The van der Waals surface area contributed by atoms with E-state index in [9.17, 15) is 4.79 Å². The Hall–Kier alpha value is -0.400. The highest BCUT2D eigenvalue weighted by molar-refractivity contribution is 7.09. The maximum Gasteiger partial charge on any atom is 0.225 e. The Morgan fingerprint density at radius 1 is 1.38 bits per heavy atom. The fraction of sp³-hybridized carbons (Fsp3) is 0.778. The number of aromatic nitrogens is 1. The lowest BCUT2D eigenvalue weighted by molar-refractivity contribution is -0.135. The molecule has 1 aromatic rings. The van der Waals surface area contributed by atoms with Crippen molar-refractivity contribution in [2.45, 2.75) is 52.6 Å². The molecule has 1 saturated heterocycles. The zero-order valence-corrected chi connectivity index (χ0v) is 18.8. The van der Waals surface area contributed by atoms with Gasteiger partial charge in [-0.2, -0.15) is 0 Å². The minimum absolute atomic E-state index is 0. The molecule has 1 fully saturated rings. The zero-order valence-electron chi connectivity index (χ0n) is 16.3. The number of piperidine rings is 1. The summed E-state index contributed by atoms with van der Waals surface area (Å²) in [6.07, 6.45) is 2.77. The summed E-state index contributed by atoms with van der Waals surface area (Å²) in [5.74, 6) is 0.917. The molecule has 1 aliphatic heterocycles. The van der Waals surface area contributed by atoms with E-state index < -0.39 is 0 Å². The van der Waals surface area contributed by atoms with Gasteiger partial charge in [0, 0.05) is 37.5 Å². The highest BCUT2D eigenvalue weighted by atomic mass is 35.5. The molecule has 5 nitrogen and oxygen atoms in total. The number of amides is 1. The highest BCUT2D eigenvalue weighted by Gasteiger charge is 2.27. The molecular weight excluding hydrogens is 391 g/mol. The lowest BCUT2D eigenvalue weighted by Gasteiger charge is -2.33. The predicted octanol–water partition coefficient (Wildman–Crippen LogP) is 3.34. The summed E-state index contributed by atoms with van der Waals surface area (Å²) in [6, 6.07) is 0.170. The summed E-state index contributed by atoms with van der Waals surface area (Å²) in [5, 5.41) is 3.26. The molecule has 8 heteroatoms. The minimum atomic E-state index is 0. The van der Waals surface area contributed by atoms with Gasteiger partial charge in [0.1, 0.15) is 0 Å². The number of carbonyl (C=O) groups is 1. The normalized spacial score (nSPS) is 16.7. The summed E-state index contributed by atoms with van der Waals surface area (Å²) in [4.78, 5) is 21.4. The summed E-state index contributed by atoms with van der Waals surface area (Å²) in [6.45, 7) is 9.93. The van der Waals surface area contributed by atoms with Crippen molar-refractivity contribution in [2.24, 2.45) is 17.6 Å². The molecular formula is C18H34Cl2N4OS. The van der Waals surface area contributed by atoms with E-state index >= 15 is 0 Å². The van der Waals surface area contributed by atoms with Gasteiger partial charge in [0.15, 0.2) is 0 Å². The van der Waals surface area contributed by atoms with Crippen molar-refractivity contribution in [2.75, 3.05) is 26.7 Å². The number of rotatable bonds is 7. The van der Waals surface area contributed by atoms with Crippen molar-refractivity contribution in [1.29, 1.82) is 0 Å². The van der Waals surface area contributed by atoms with E-state index in [2.05, 4.69) is 29.1 Å². The van der Waals surface area contributed by atoms with Crippen molar-refractivity contribution in [3.05, 3.63) is 16.1 Å². The average Bonchev–Trinajstić information content (AvgIpc) is 2.97. The van der Waals surface area contributed by atoms with E-state index in [-0.39, 0.29) is 42.7 Å². The van der Waals surface area contributed by atoms with Crippen molar-refractivity contribution >= 4 is 42.1 Å². The molecule has 2 N–H and O–H groups in total. The second-order valence-electron chi connectivity index (χ2n) is 7.36. The average molecular weight is 425 g/mol. The zero-order chi connectivity index (χ0) is 17.7. The number of carbonyl (C=O) groups excluding carboxylic acids is 1. The summed E-state index contributed by atoms with van der Waals surface area (Å²) in [5.41, 5.74) is 7.24. The third-order valence-corrected chi connectivity index (χ3v) is 5.84. The van der Waals surface area contributed by atoms with Crippen LogP contribution in [-0.2, 0) is 11.3 Å². The standard InChI is InChI=1S/C18H32N4OS.2ClH/c1-13(2)17(19)7-8-21(4)18(23)15-5-9-22(10-6-15)11-16-12-24-14(3)20-16;;/h12-13,15,17H,5-11,19H2,1-4H3;2*1H. The van der Waals surface area contributed by atoms with Gasteiger partial charge in [0.25, 0.3) is 0 Å². The Kier molecular flexibility index (Phi) is 11.9. The van der Waals surface area contributed by atoms with Gasteiger partial charge in [-0.3, -0.25) is 9.69 Å². The first kappa shape index (κ1) is 25.6. The Bertz CT molecular complexity index is 533. The van der Waals surface area contributed by atoms with Gasteiger partial charge in [-0.25, -0.2) is 4.98 Å². The molecule has 0 saturated carbocycles. The monoisotopic (exact) mass is 424 g/mol. The van der Waals surface area contributed by atoms with E-state index in [4.69, 9.17) is 5.73 Å². The molecule has 1 amide bonds. The fourth-order valence-corrected chi connectivity index (χ4v) is 3.75. The summed E-state index contributed by atoms with van der Waals surface area (Å²) < 4.78 is 0. The van der Waals surface area contributed by atoms with Gasteiger partial charge in [0.2, 0.25) is 5.91 Å². The van der Waals surface area contributed by atoms with Gasteiger partial charge in [0.05, 0.1) is 10.7 Å². The highest BCUT2D eigenvalue weighted by Crippen LogP contribution is 2.21. The van der Waals surface area contributed by atoms with Crippen LogP contribution in [0.3, 0.4) is 0 Å². The number of aryl methyl sites for hydroxylation is 1. The second kappa shape index (κ2) is 12.1. The fourth-order valence-electron chi connectivity index (χ4n) is 3.15. The second-order valence-corrected chi connectivity index (χ2v) is 8.43. The van der Waals surface area contributed by atoms with Gasteiger partial charge in [-0.1, -0.05) is 13.8 Å². The number of hydrogen-bond donors (Lipinski definition) is 1. The molecule has 1 aromatic heterocycles. The van der Waals surface area contributed by atoms with Gasteiger partial charge < -0.3 is 10.6 Å². The number of hydrogen-bond acceptors (Lipinski definition) is 5. The van der Waals surface area contributed by atoms with Gasteiger partial charge >= 0.3 is 0 Å². The lowest BCUT2D eigenvalue weighted by Crippen LogP contribution is -2.42. The van der Waals surface area contributed by atoms with Crippen molar-refractivity contribution in [1.82, 2.24) is 14.8 Å². The van der Waals surface area contributed by atoms with Crippen LogP contribution in [0.5, 0.6) is 0 Å². The molecule has 0 radical (unpaired) electrons. The number of nitrogens with two attached hydrogens (primary N) is 1. The quantitative estimate of drug-likeness (QED) is 0.728. The van der Waals surface area contributed by atoms with E-state index in [1.807, 2.05) is 18.9 Å². The van der Waals surface area contributed by atoms with E-state index in [0.29, 0.717) is 5.92 Å². The number of likely N-dealkylation sites (tertiary alicyclic amines) is 1. The smallest absolute Gasteiger partial charge is 0.225 e. The third-order valence-electron chi connectivity index (χ3n) is 5.02. The van der Waals surface area contributed by atoms with Crippen molar-refractivity contribution in [3.63, 3.8) is 0 Å². The first-order valence-electron chi connectivity index (χ1n) is 9.00. The number of halogens is 2. The lowest BCUT2D eigenvalue weighted by atomic mass is 9.95. The van der Waals surface area contributed by atoms with Crippen LogP contribution in [0.15, 0.2) is 5.38 Å². The topological polar surface area (TPSA) is 62.5 Å². The van der Waals surface area contributed by atoms with E-state index in [0.717, 1.165) is 56.1 Å². The summed E-state index contributed by atoms with van der Waals surface area (Å²) >= 11 is 1.70. The predicted molar refractivity (Wildman–Crippen MR) is 114 cm³/mol. The molecule has 0 bridgehead atoms. The van der Waals surface area contributed by atoms with Crippen LogP contribution in [0.25, 0.3) is 0 Å². The number of nitrogens with zero attached hydrogens (tertiary/aromatic N) is 3. The maximum absolute atomic E-state index is 12.6. The molecule has 1 atom stereocenters. The molecule has 0 spiro atoms.